The number of nitro benzene ring substituents is 1. The number of hydrogen-bond acceptors (Lipinski definition) is 7. The molecule has 2 fully saturated rings. The summed E-state index contributed by atoms with van der Waals surface area (Å²) in [6.07, 6.45) is 1.94. The van der Waals surface area contributed by atoms with Crippen molar-refractivity contribution in [1.82, 2.24) is 4.90 Å². The SMILES string of the molecule is N[C@@H]1C(=O)N2C(C(=O)O)=C(C=C3CCN(c4ccc([N+](=O)[O-])cc4)C3=O)CS[C@H]12. The van der Waals surface area contributed by atoms with Crippen molar-refractivity contribution in [1.29, 1.82) is 0 Å². The smallest absolute Gasteiger partial charge is 0.352 e. The van der Waals surface area contributed by atoms with Crippen molar-refractivity contribution in [3.05, 3.63) is 57.3 Å². The highest BCUT2D eigenvalue weighted by atomic mass is 32.2. The van der Waals surface area contributed by atoms with E-state index in [-0.39, 0.29) is 17.3 Å². The van der Waals surface area contributed by atoms with Crippen LogP contribution in [0.15, 0.2) is 47.2 Å². The molecule has 0 bridgehead atoms. The number of carboxylic acid groups (broad SMARTS) is 1. The van der Waals surface area contributed by atoms with E-state index in [1.165, 1.54) is 51.9 Å². The van der Waals surface area contributed by atoms with Gasteiger partial charge in [-0.25, -0.2) is 4.79 Å². The number of rotatable bonds is 4. The molecule has 3 heterocycles. The third-order valence-corrected chi connectivity index (χ3v) is 6.41. The number of nitrogens with two attached hydrogens (primary N) is 1. The molecular weight excluding hydrogens is 400 g/mol. The van der Waals surface area contributed by atoms with Gasteiger partial charge in [-0.15, -0.1) is 11.8 Å². The molecular formula is C18H16N4O6S. The zero-order valence-corrected chi connectivity index (χ0v) is 15.8. The molecule has 2 saturated heterocycles. The van der Waals surface area contributed by atoms with Gasteiger partial charge in [-0.3, -0.25) is 24.6 Å². The van der Waals surface area contributed by atoms with Gasteiger partial charge in [-0.05, 0) is 30.2 Å². The minimum Gasteiger partial charge on any atom is -0.477 e. The zero-order chi connectivity index (χ0) is 20.9. The standard InChI is InChI=1S/C18H16N4O6S/c19-13-16(24)21-14(18(25)26)10(8-29-17(13)21)7-9-5-6-20(15(9)23)11-1-3-12(4-2-11)22(27)28/h1-4,7,13,17H,5-6,8,19H2,(H,25,26)/t13-,17-/m1/s1. The fourth-order valence-corrected chi connectivity index (χ4v) is 4.86. The molecule has 4 rings (SSSR count). The molecule has 0 spiro atoms. The van der Waals surface area contributed by atoms with Crippen molar-refractivity contribution in [3.8, 4) is 0 Å². The number of hydrogen-bond donors (Lipinski definition) is 2. The molecule has 150 valence electrons. The van der Waals surface area contributed by atoms with Crippen LogP contribution in [0.2, 0.25) is 0 Å². The van der Waals surface area contributed by atoms with Gasteiger partial charge < -0.3 is 15.7 Å². The van der Waals surface area contributed by atoms with Gasteiger partial charge >= 0.3 is 5.97 Å². The first-order valence-electron chi connectivity index (χ1n) is 8.73. The Morgan fingerprint density at radius 2 is 2.00 bits per heavy atom. The molecule has 11 heteroatoms. The van der Waals surface area contributed by atoms with Crippen LogP contribution in [0.1, 0.15) is 6.42 Å². The molecule has 29 heavy (non-hydrogen) atoms. The van der Waals surface area contributed by atoms with Crippen LogP contribution >= 0.6 is 11.8 Å². The van der Waals surface area contributed by atoms with Gasteiger partial charge in [0, 0.05) is 35.7 Å². The van der Waals surface area contributed by atoms with E-state index >= 15 is 0 Å². The average Bonchev–Trinajstić information content (AvgIpc) is 3.07. The molecule has 3 N–H and O–H groups in total. The number of carboxylic acids is 1. The maximum absolute atomic E-state index is 12.8. The van der Waals surface area contributed by atoms with Crippen molar-refractivity contribution in [2.24, 2.45) is 5.73 Å². The number of fused-ring (bicyclic) bond motifs is 1. The topological polar surface area (TPSA) is 147 Å². The summed E-state index contributed by atoms with van der Waals surface area (Å²) in [5.74, 6) is -1.64. The lowest BCUT2D eigenvalue weighted by molar-refractivity contribution is -0.384. The highest BCUT2D eigenvalue weighted by molar-refractivity contribution is 8.00. The summed E-state index contributed by atoms with van der Waals surface area (Å²) in [5.41, 5.74) is 6.88. The van der Waals surface area contributed by atoms with Crippen LogP contribution in [0.25, 0.3) is 0 Å². The second-order valence-electron chi connectivity index (χ2n) is 6.76. The van der Waals surface area contributed by atoms with Gasteiger partial charge in [0.25, 0.3) is 11.6 Å². The molecule has 1 aromatic carbocycles. The largest absolute Gasteiger partial charge is 0.477 e. The Kier molecular flexibility index (Phi) is 4.63. The lowest BCUT2D eigenvalue weighted by Gasteiger charge is -2.47. The van der Waals surface area contributed by atoms with Crippen LogP contribution in [-0.2, 0) is 14.4 Å². The zero-order valence-electron chi connectivity index (χ0n) is 15.0. The van der Waals surface area contributed by atoms with Crippen LogP contribution in [0.4, 0.5) is 11.4 Å². The summed E-state index contributed by atoms with van der Waals surface area (Å²) in [4.78, 5) is 49.5. The van der Waals surface area contributed by atoms with Crippen LogP contribution < -0.4 is 10.6 Å². The van der Waals surface area contributed by atoms with E-state index in [2.05, 4.69) is 0 Å². The first-order valence-corrected chi connectivity index (χ1v) is 9.78. The van der Waals surface area contributed by atoms with Crippen LogP contribution in [-0.4, -0.2) is 56.4 Å². The maximum Gasteiger partial charge on any atom is 0.352 e. The molecule has 0 radical (unpaired) electrons. The van der Waals surface area contributed by atoms with Crippen molar-refractivity contribution >= 4 is 40.9 Å². The van der Waals surface area contributed by atoms with E-state index in [0.717, 1.165) is 0 Å². The van der Waals surface area contributed by atoms with Gasteiger partial charge in [0.05, 0.1) is 4.92 Å². The van der Waals surface area contributed by atoms with Gasteiger partial charge in [-0.1, -0.05) is 0 Å². The van der Waals surface area contributed by atoms with Gasteiger partial charge in [-0.2, -0.15) is 0 Å². The van der Waals surface area contributed by atoms with Crippen LogP contribution in [0.3, 0.4) is 0 Å². The van der Waals surface area contributed by atoms with E-state index in [9.17, 15) is 29.6 Å². The Balaban J connectivity index is 1.61. The van der Waals surface area contributed by atoms with Crippen molar-refractivity contribution in [2.45, 2.75) is 17.8 Å². The number of β-lactam (4-membered cyclic amide) rings is 1. The Bertz CT molecular complexity index is 1000. The summed E-state index contributed by atoms with van der Waals surface area (Å²) >= 11 is 1.37. The Morgan fingerprint density at radius 3 is 2.62 bits per heavy atom. The van der Waals surface area contributed by atoms with Crippen molar-refractivity contribution in [3.63, 3.8) is 0 Å². The number of benzene rings is 1. The van der Waals surface area contributed by atoms with Gasteiger partial charge in [0.15, 0.2) is 0 Å². The summed E-state index contributed by atoms with van der Waals surface area (Å²) in [7, 11) is 0. The third kappa shape index (κ3) is 3.08. The first-order chi connectivity index (χ1) is 13.8. The molecule has 3 aliphatic rings. The highest BCUT2D eigenvalue weighted by Crippen LogP contribution is 2.40. The number of amides is 2. The van der Waals surface area contributed by atoms with E-state index in [4.69, 9.17) is 5.73 Å². The van der Waals surface area contributed by atoms with Gasteiger partial charge in [0.1, 0.15) is 17.1 Å². The fourth-order valence-electron chi connectivity index (χ4n) is 3.61. The third-order valence-electron chi connectivity index (χ3n) is 5.09. The summed E-state index contributed by atoms with van der Waals surface area (Å²) in [6.45, 7) is 0.376. The molecule has 0 aromatic heterocycles. The second kappa shape index (κ2) is 7.01. The normalized spacial score (nSPS) is 25.3. The maximum atomic E-state index is 12.8. The Hall–Kier alpha value is -3.18. The van der Waals surface area contributed by atoms with E-state index in [0.29, 0.717) is 35.6 Å². The highest BCUT2D eigenvalue weighted by Gasteiger charge is 2.51. The number of aliphatic carboxylic acids is 1. The average molecular weight is 416 g/mol. The number of non-ortho nitro benzene ring substituents is 1. The number of anilines is 1. The lowest BCUT2D eigenvalue weighted by Crippen LogP contribution is -2.68. The summed E-state index contributed by atoms with van der Waals surface area (Å²) in [6, 6.07) is 4.94. The number of carbonyl (C=O) groups is 3. The Morgan fingerprint density at radius 1 is 1.31 bits per heavy atom. The minimum absolute atomic E-state index is 0.0707. The predicted molar refractivity (Wildman–Crippen MR) is 104 cm³/mol. The van der Waals surface area contributed by atoms with Crippen LogP contribution in [0, 0.1) is 10.1 Å². The van der Waals surface area contributed by atoms with Gasteiger partial charge in [0.2, 0.25) is 5.91 Å². The molecule has 0 unspecified atom stereocenters. The summed E-state index contributed by atoms with van der Waals surface area (Å²) < 4.78 is 0. The molecule has 2 atom stereocenters. The number of thioether (sulfide) groups is 1. The Labute approximate surface area is 168 Å². The number of nitro groups is 1. The van der Waals surface area contributed by atoms with E-state index in [1.807, 2.05) is 0 Å². The first kappa shape index (κ1) is 19.2. The number of nitrogens with zero attached hydrogens (tertiary/aromatic N) is 3. The minimum atomic E-state index is -1.24. The monoisotopic (exact) mass is 416 g/mol. The molecule has 0 saturated carbocycles. The lowest BCUT2D eigenvalue weighted by atomic mass is 10.0. The molecule has 0 aliphatic carbocycles. The predicted octanol–water partition coefficient (Wildman–Crippen LogP) is 0.839. The molecule has 1 aromatic rings. The van der Waals surface area contributed by atoms with Crippen LogP contribution in [0.5, 0.6) is 0 Å². The number of carbonyl (C=O) groups excluding carboxylic acids is 2. The van der Waals surface area contributed by atoms with E-state index < -0.39 is 28.2 Å². The molecule has 2 amide bonds. The second-order valence-corrected chi connectivity index (χ2v) is 7.87. The molecule has 3 aliphatic heterocycles. The summed E-state index contributed by atoms with van der Waals surface area (Å²) in [5, 5.41) is 20.0. The van der Waals surface area contributed by atoms with Crippen molar-refractivity contribution in [2.75, 3.05) is 17.2 Å². The fraction of sp³-hybridized carbons (Fsp3) is 0.278. The van der Waals surface area contributed by atoms with E-state index in [1.54, 1.807) is 0 Å². The van der Waals surface area contributed by atoms with Crippen molar-refractivity contribution < 1.29 is 24.4 Å². The number of allylic oxidation sites excluding steroid dienone is 1. The quantitative estimate of drug-likeness (QED) is 0.318. The molecule has 10 nitrogen and oxygen atoms in total.